The monoisotopic (exact) mass is 383 g/mol. The zero-order valence-electron chi connectivity index (χ0n) is 16.3. The molecule has 3 aromatic rings. The molecule has 2 aromatic heterocycles. The first-order valence-corrected chi connectivity index (χ1v) is 9.40. The molecule has 134 valence electrons. The Morgan fingerprint density at radius 1 is 1.23 bits per heavy atom. The van der Waals surface area contributed by atoms with Gasteiger partial charge in [-0.25, -0.2) is 4.98 Å². The number of aromatic amines is 1. The Kier molecular flexibility index (Phi) is 8.24. The van der Waals surface area contributed by atoms with Crippen molar-refractivity contribution < 1.29 is 44.7 Å². The molecule has 0 aliphatic heterocycles. The van der Waals surface area contributed by atoms with Crippen LogP contribution in [0.3, 0.4) is 0 Å². The molecular formula is C18H22N3NaO3S. The molecule has 0 aliphatic carbocycles. The molecule has 0 radical (unpaired) electrons. The van der Waals surface area contributed by atoms with Gasteiger partial charge in [0, 0.05) is 31.9 Å². The molecule has 0 bridgehead atoms. The van der Waals surface area contributed by atoms with Gasteiger partial charge in [-0.05, 0) is 25.1 Å². The van der Waals surface area contributed by atoms with Gasteiger partial charge in [0.25, 0.3) is 0 Å². The van der Waals surface area contributed by atoms with Crippen molar-refractivity contribution >= 4 is 21.8 Å². The van der Waals surface area contributed by atoms with Gasteiger partial charge in [0.1, 0.15) is 5.75 Å². The standard InChI is InChI=1S/C18H21N3O3S.Na.H/c1-13-16(19-9-8-17(13)24-11-5-10-23-2)12-25(22)18-20-14-6-3-4-7-15(14)21-18;;/h3-4,6-9H,5,10-12H2,1-2H3,(H,20,21);;/q;+1;-1. The van der Waals surface area contributed by atoms with Gasteiger partial charge in [-0.15, -0.1) is 0 Å². The maximum atomic E-state index is 12.7. The minimum Gasteiger partial charge on any atom is -1.00 e. The Morgan fingerprint density at radius 3 is 2.81 bits per heavy atom. The molecule has 0 saturated heterocycles. The van der Waals surface area contributed by atoms with Crippen LogP contribution in [-0.2, 0) is 21.3 Å². The number of nitrogens with zero attached hydrogens (tertiary/aromatic N) is 2. The first kappa shape index (κ1) is 21.1. The fourth-order valence-corrected chi connectivity index (χ4v) is 3.58. The molecule has 0 saturated carbocycles. The molecule has 0 spiro atoms. The van der Waals surface area contributed by atoms with Gasteiger partial charge < -0.3 is 15.9 Å². The molecule has 1 atom stereocenters. The number of hydrogen-bond acceptors (Lipinski definition) is 5. The van der Waals surface area contributed by atoms with E-state index in [0.717, 1.165) is 34.5 Å². The summed E-state index contributed by atoms with van der Waals surface area (Å²) in [6.07, 6.45) is 2.50. The fraction of sp³-hybridized carbons (Fsp3) is 0.333. The van der Waals surface area contributed by atoms with Crippen LogP contribution in [0.5, 0.6) is 5.75 Å². The van der Waals surface area contributed by atoms with Crippen molar-refractivity contribution in [3.63, 3.8) is 0 Å². The van der Waals surface area contributed by atoms with E-state index < -0.39 is 10.8 Å². The Bertz CT molecular complexity index is 858. The second kappa shape index (κ2) is 10.2. The van der Waals surface area contributed by atoms with Crippen molar-refractivity contribution in [3.05, 3.63) is 47.8 Å². The average Bonchev–Trinajstić information content (AvgIpc) is 3.06. The van der Waals surface area contributed by atoms with E-state index in [4.69, 9.17) is 9.47 Å². The van der Waals surface area contributed by atoms with E-state index in [2.05, 4.69) is 15.0 Å². The quantitative estimate of drug-likeness (QED) is 0.441. The first-order chi connectivity index (χ1) is 12.2. The van der Waals surface area contributed by atoms with E-state index in [-0.39, 0.29) is 31.0 Å². The van der Waals surface area contributed by atoms with Gasteiger partial charge in [0.05, 0.1) is 39.9 Å². The van der Waals surface area contributed by atoms with E-state index in [9.17, 15) is 4.21 Å². The van der Waals surface area contributed by atoms with Crippen LogP contribution >= 0.6 is 0 Å². The Balaban J connectivity index is 0.00000182. The van der Waals surface area contributed by atoms with Gasteiger partial charge in [0.15, 0.2) is 5.16 Å². The van der Waals surface area contributed by atoms with Gasteiger partial charge in [-0.2, -0.15) is 0 Å². The van der Waals surface area contributed by atoms with Crippen LogP contribution in [0.2, 0.25) is 0 Å². The summed E-state index contributed by atoms with van der Waals surface area (Å²) in [7, 11) is 0.371. The molecular weight excluding hydrogens is 361 g/mol. The number of imidazole rings is 1. The van der Waals surface area contributed by atoms with E-state index in [1.54, 1.807) is 13.3 Å². The van der Waals surface area contributed by atoms with Crippen LogP contribution in [-0.4, -0.2) is 39.5 Å². The van der Waals surface area contributed by atoms with Crippen molar-refractivity contribution in [1.82, 2.24) is 15.0 Å². The molecule has 0 amide bonds. The zero-order valence-corrected chi connectivity index (χ0v) is 18.1. The number of para-hydroxylation sites is 2. The predicted molar refractivity (Wildman–Crippen MR) is 98.3 cm³/mol. The largest absolute Gasteiger partial charge is 1.00 e. The molecule has 6 nitrogen and oxygen atoms in total. The molecule has 2 heterocycles. The molecule has 1 aromatic carbocycles. The molecule has 1 unspecified atom stereocenters. The topological polar surface area (TPSA) is 77.1 Å². The number of methoxy groups -OCH3 is 1. The Labute approximate surface area is 179 Å². The van der Waals surface area contributed by atoms with E-state index in [1.165, 1.54) is 0 Å². The third kappa shape index (κ3) is 5.14. The Morgan fingerprint density at radius 2 is 2.04 bits per heavy atom. The van der Waals surface area contributed by atoms with Gasteiger partial charge in [-0.1, -0.05) is 12.1 Å². The van der Waals surface area contributed by atoms with E-state index >= 15 is 0 Å². The summed E-state index contributed by atoms with van der Waals surface area (Å²) in [6.45, 7) is 3.17. The molecule has 26 heavy (non-hydrogen) atoms. The van der Waals surface area contributed by atoms with Crippen LogP contribution in [0, 0.1) is 6.92 Å². The summed E-state index contributed by atoms with van der Waals surface area (Å²) in [5.41, 5.74) is 3.35. The van der Waals surface area contributed by atoms with Gasteiger partial charge in [0.2, 0.25) is 0 Å². The Hall–Kier alpha value is -1.25. The number of H-pyrrole nitrogens is 1. The summed E-state index contributed by atoms with van der Waals surface area (Å²) >= 11 is 0. The fourth-order valence-electron chi connectivity index (χ4n) is 2.48. The number of benzene rings is 1. The summed E-state index contributed by atoms with van der Waals surface area (Å²) in [5.74, 6) is 1.06. The third-order valence-corrected chi connectivity index (χ3v) is 5.02. The average molecular weight is 383 g/mol. The third-order valence-electron chi connectivity index (χ3n) is 3.86. The van der Waals surface area contributed by atoms with Crippen LogP contribution in [0.25, 0.3) is 11.0 Å². The van der Waals surface area contributed by atoms with Gasteiger partial charge >= 0.3 is 29.6 Å². The smallest absolute Gasteiger partial charge is 1.00 e. The molecule has 0 aliphatic rings. The predicted octanol–water partition coefficient (Wildman–Crippen LogP) is 0.106. The maximum Gasteiger partial charge on any atom is 1.00 e. The minimum atomic E-state index is -1.30. The number of aromatic nitrogens is 3. The summed E-state index contributed by atoms with van der Waals surface area (Å²) < 4.78 is 23.5. The van der Waals surface area contributed by atoms with E-state index in [0.29, 0.717) is 24.1 Å². The van der Waals surface area contributed by atoms with Crippen molar-refractivity contribution in [2.24, 2.45) is 0 Å². The van der Waals surface area contributed by atoms with E-state index in [1.807, 2.05) is 37.3 Å². The molecule has 0 fully saturated rings. The minimum absolute atomic E-state index is 0. The van der Waals surface area contributed by atoms with Crippen molar-refractivity contribution in [2.45, 2.75) is 24.3 Å². The zero-order chi connectivity index (χ0) is 17.6. The normalized spacial score (nSPS) is 11.9. The second-order valence-corrected chi connectivity index (χ2v) is 6.99. The van der Waals surface area contributed by atoms with Crippen LogP contribution in [0.4, 0.5) is 0 Å². The van der Waals surface area contributed by atoms with Crippen molar-refractivity contribution in [1.29, 1.82) is 0 Å². The second-order valence-electron chi connectivity index (χ2n) is 5.62. The number of hydrogen-bond donors (Lipinski definition) is 1. The van der Waals surface area contributed by atoms with Gasteiger partial charge in [-0.3, -0.25) is 9.19 Å². The number of fused-ring (bicyclic) bond motifs is 1. The number of ether oxygens (including phenoxy) is 2. The maximum absolute atomic E-state index is 12.7. The summed E-state index contributed by atoms with van der Waals surface area (Å²) in [4.78, 5) is 11.9. The van der Waals surface area contributed by atoms with Crippen LogP contribution in [0.15, 0.2) is 41.7 Å². The molecule has 8 heteroatoms. The van der Waals surface area contributed by atoms with Crippen molar-refractivity contribution in [3.8, 4) is 5.75 Å². The van der Waals surface area contributed by atoms with Crippen LogP contribution in [0.1, 0.15) is 19.1 Å². The number of nitrogens with one attached hydrogen (secondary N) is 1. The summed E-state index contributed by atoms with van der Waals surface area (Å²) in [6, 6.07) is 9.47. The SMILES string of the molecule is COCCCOc1ccnc(CS(=O)c2nc3ccccc3[nH]2)c1C.[H-].[Na+]. The summed E-state index contributed by atoms with van der Waals surface area (Å²) in [5, 5.41) is 0.466. The number of rotatable bonds is 8. The van der Waals surface area contributed by atoms with Crippen molar-refractivity contribution in [2.75, 3.05) is 20.3 Å². The molecule has 3 rings (SSSR count). The van der Waals surface area contributed by atoms with Crippen LogP contribution < -0.4 is 34.3 Å². The first-order valence-electron chi connectivity index (χ1n) is 8.08. The molecule has 1 N–H and O–H groups in total. The number of pyridine rings is 1.